The van der Waals surface area contributed by atoms with E-state index in [2.05, 4.69) is 4.98 Å². The summed E-state index contributed by atoms with van der Waals surface area (Å²) in [4.78, 5) is 4.61. The number of aromatic nitrogens is 1. The third-order valence-corrected chi connectivity index (χ3v) is 5.64. The molecule has 0 atom stereocenters. The Morgan fingerprint density at radius 2 is 1.79 bits per heavy atom. The fourth-order valence-corrected chi connectivity index (χ4v) is 3.63. The first kappa shape index (κ1) is 16.4. The van der Waals surface area contributed by atoms with Crippen molar-refractivity contribution in [3.63, 3.8) is 0 Å². The number of sulfonamides is 1. The Kier molecular flexibility index (Phi) is 4.51. The molecule has 124 valence electrons. The Morgan fingerprint density at radius 1 is 1.08 bits per heavy atom. The first-order chi connectivity index (χ1) is 11.5. The van der Waals surface area contributed by atoms with Crippen LogP contribution in [0.25, 0.3) is 10.9 Å². The van der Waals surface area contributed by atoms with E-state index < -0.39 is 10.0 Å². The number of methoxy groups -OCH3 is 1. The van der Waals surface area contributed by atoms with Gasteiger partial charge in [-0.1, -0.05) is 18.2 Å². The van der Waals surface area contributed by atoms with Crippen LogP contribution in [-0.4, -0.2) is 31.9 Å². The summed E-state index contributed by atoms with van der Waals surface area (Å²) in [5.74, 6) is 0.621. The Labute approximate surface area is 141 Å². The van der Waals surface area contributed by atoms with E-state index in [4.69, 9.17) is 4.74 Å². The number of para-hydroxylation sites is 1. The maximum atomic E-state index is 12.7. The number of rotatable bonds is 5. The van der Waals surface area contributed by atoms with Gasteiger partial charge in [0.25, 0.3) is 0 Å². The Morgan fingerprint density at radius 3 is 2.50 bits per heavy atom. The minimum absolute atomic E-state index is 0.236. The second-order valence-electron chi connectivity index (χ2n) is 5.47. The highest BCUT2D eigenvalue weighted by Crippen LogP contribution is 2.21. The number of benzene rings is 2. The molecule has 24 heavy (non-hydrogen) atoms. The smallest absolute Gasteiger partial charge is 0.243 e. The van der Waals surface area contributed by atoms with Crippen molar-refractivity contribution >= 4 is 20.9 Å². The van der Waals surface area contributed by atoms with E-state index in [9.17, 15) is 8.42 Å². The van der Waals surface area contributed by atoms with E-state index in [-0.39, 0.29) is 11.4 Å². The molecule has 5 nitrogen and oxygen atoms in total. The molecule has 0 bridgehead atoms. The topological polar surface area (TPSA) is 59.5 Å². The van der Waals surface area contributed by atoms with Gasteiger partial charge in [0.15, 0.2) is 0 Å². The quantitative estimate of drug-likeness (QED) is 0.715. The molecular formula is C18H18N2O3S. The molecule has 0 N–H and O–H groups in total. The summed E-state index contributed by atoms with van der Waals surface area (Å²) in [5, 5.41) is 0.991. The molecule has 0 aliphatic carbocycles. The summed E-state index contributed by atoms with van der Waals surface area (Å²) in [6, 6.07) is 16.1. The molecule has 1 aromatic heterocycles. The van der Waals surface area contributed by atoms with Crippen molar-refractivity contribution in [2.75, 3.05) is 14.2 Å². The Hall–Kier alpha value is -2.44. The van der Waals surface area contributed by atoms with E-state index in [0.29, 0.717) is 5.75 Å². The predicted molar refractivity (Wildman–Crippen MR) is 93.4 cm³/mol. The molecule has 2 aromatic carbocycles. The minimum Gasteiger partial charge on any atom is -0.497 e. The lowest BCUT2D eigenvalue weighted by atomic mass is 10.1. The molecule has 0 radical (unpaired) electrons. The second kappa shape index (κ2) is 6.59. The fourth-order valence-electron chi connectivity index (χ4n) is 2.47. The number of hydrogen-bond donors (Lipinski definition) is 0. The molecule has 0 spiro atoms. The number of ether oxygens (including phenoxy) is 1. The number of nitrogens with zero attached hydrogens (tertiary/aromatic N) is 2. The Bertz CT molecular complexity index is 953. The maximum absolute atomic E-state index is 12.7. The number of pyridine rings is 1. The Balaban J connectivity index is 1.84. The molecular weight excluding hydrogens is 324 g/mol. The van der Waals surface area contributed by atoms with Crippen LogP contribution in [0.1, 0.15) is 5.56 Å². The molecule has 0 aliphatic rings. The monoisotopic (exact) mass is 342 g/mol. The van der Waals surface area contributed by atoms with Crippen molar-refractivity contribution in [3.8, 4) is 5.75 Å². The van der Waals surface area contributed by atoms with Crippen LogP contribution in [0.3, 0.4) is 0 Å². The van der Waals surface area contributed by atoms with Crippen LogP contribution in [0.4, 0.5) is 0 Å². The molecule has 6 heteroatoms. The van der Waals surface area contributed by atoms with Gasteiger partial charge < -0.3 is 4.74 Å². The third kappa shape index (κ3) is 3.25. The fraction of sp³-hybridized carbons (Fsp3) is 0.167. The molecule has 1 heterocycles. The van der Waals surface area contributed by atoms with Gasteiger partial charge in [-0.25, -0.2) is 8.42 Å². The standard InChI is InChI=1S/C18H18N2O3S/c1-20(24(21,22)17-9-7-16(23-2)8-10-17)13-14-11-15-5-3-4-6-18(15)19-12-14/h3-12H,13H2,1-2H3. The van der Waals surface area contributed by atoms with E-state index in [1.807, 2.05) is 30.3 Å². The zero-order chi connectivity index (χ0) is 17.2. The lowest BCUT2D eigenvalue weighted by Gasteiger charge is -2.17. The summed E-state index contributed by atoms with van der Waals surface area (Å²) >= 11 is 0. The van der Waals surface area contributed by atoms with Gasteiger partial charge in [0.2, 0.25) is 10.0 Å². The van der Waals surface area contributed by atoms with Gasteiger partial charge in [0, 0.05) is 25.2 Å². The zero-order valence-corrected chi connectivity index (χ0v) is 14.3. The lowest BCUT2D eigenvalue weighted by Crippen LogP contribution is -2.26. The zero-order valence-electron chi connectivity index (χ0n) is 13.5. The van der Waals surface area contributed by atoms with Gasteiger partial charge in [0.05, 0.1) is 17.5 Å². The molecule has 0 amide bonds. The summed E-state index contributed by atoms with van der Waals surface area (Å²) in [6.07, 6.45) is 1.71. The van der Waals surface area contributed by atoms with Crippen molar-refractivity contribution in [2.45, 2.75) is 11.4 Å². The lowest BCUT2D eigenvalue weighted by molar-refractivity contribution is 0.414. The van der Waals surface area contributed by atoms with Gasteiger partial charge in [-0.2, -0.15) is 4.31 Å². The largest absolute Gasteiger partial charge is 0.497 e. The molecule has 3 aromatic rings. The van der Waals surface area contributed by atoms with Crippen molar-refractivity contribution in [3.05, 3.63) is 66.4 Å². The first-order valence-electron chi connectivity index (χ1n) is 7.45. The van der Waals surface area contributed by atoms with Crippen molar-refractivity contribution in [2.24, 2.45) is 0 Å². The van der Waals surface area contributed by atoms with Crippen molar-refractivity contribution in [1.82, 2.24) is 9.29 Å². The van der Waals surface area contributed by atoms with Crippen LogP contribution in [0.5, 0.6) is 5.75 Å². The maximum Gasteiger partial charge on any atom is 0.243 e. The first-order valence-corrected chi connectivity index (χ1v) is 8.89. The highest BCUT2D eigenvalue weighted by atomic mass is 32.2. The van der Waals surface area contributed by atoms with Gasteiger partial charge in [-0.15, -0.1) is 0 Å². The average molecular weight is 342 g/mol. The molecule has 0 saturated carbocycles. The highest BCUT2D eigenvalue weighted by molar-refractivity contribution is 7.89. The molecule has 0 aliphatic heterocycles. The van der Waals surface area contributed by atoms with Gasteiger partial charge in [0.1, 0.15) is 5.75 Å². The number of hydrogen-bond acceptors (Lipinski definition) is 4. The summed E-state index contributed by atoms with van der Waals surface area (Å²) in [7, 11) is -0.457. The normalized spacial score (nSPS) is 11.8. The van der Waals surface area contributed by atoms with Crippen molar-refractivity contribution in [1.29, 1.82) is 0 Å². The van der Waals surface area contributed by atoms with Crippen LogP contribution in [0.15, 0.2) is 65.7 Å². The predicted octanol–water partition coefficient (Wildman–Crippen LogP) is 3.06. The van der Waals surface area contributed by atoms with E-state index in [0.717, 1.165) is 16.5 Å². The van der Waals surface area contributed by atoms with Gasteiger partial charge in [-0.05, 0) is 42.0 Å². The molecule has 0 fully saturated rings. The second-order valence-corrected chi connectivity index (χ2v) is 7.52. The molecule has 3 rings (SSSR count). The van der Waals surface area contributed by atoms with Crippen LogP contribution < -0.4 is 4.74 Å². The van der Waals surface area contributed by atoms with Crippen molar-refractivity contribution < 1.29 is 13.2 Å². The summed E-state index contributed by atoms with van der Waals surface area (Å²) < 4.78 is 31.7. The molecule has 0 saturated heterocycles. The van der Waals surface area contributed by atoms with E-state index >= 15 is 0 Å². The SMILES string of the molecule is COc1ccc(S(=O)(=O)N(C)Cc2cnc3ccccc3c2)cc1. The van der Waals surface area contributed by atoms with Crippen LogP contribution in [-0.2, 0) is 16.6 Å². The summed E-state index contributed by atoms with van der Waals surface area (Å²) in [6.45, 7) is 0.256. The van der Waals surface area contributed by atoms with Crippen LogP contribution in [0.2, 0.25) is 0 Å². The van der Waals surface area contributed by atoms with Gasteiger partial charge >= 0.3 is 0 Å². The third-order valence-electron chi connectivity index (χ3n) is 3.82. The van der Waals surface area contributed by atoms with E-state index in [1.165, 1.54) is 4.31 Å². The van der Waals surface area contributed by atoms with Crippen LogP contribution >= 0.6 is 0 Å². The molecule has 0 unspecified atom stereocenters. The van der Waals surface area contributed by atoms with E-state index in [1.54, 1.807) is 44.6 Å². The van der Waals surface area contributed by atoms with Gasteiger partial charge in [-0.3, -0.25) is 4.98 Å². The highest BCUT2D eigenvalue weighted by Gasteiger charge is 2.21. The minimum atomic E-state index is -3.57. The summed E-state index contributed by atoms with van der Waals surface area (Å²) in [5.41, 5.74) is 1.73. The van der Waals surface area contributed by atoms with Crippen LogP contribution in [0, 0.1) is 0 Å². The number of fused-ring (bicyclic) bond motifs is 1. The average Bonchev–Trinajstić information content (AvgIpc) is 2.61.